The van der Waals surface area contributed by atoms with Crippen molar-refractivity contribution in [3.05, 3.63) is 70.3 Å². The maximum Gasteiger partial charge on any atom is 0.326 e. The lowest BCUT2D eigenvalue weighted by atomic mass is 10.2. The molecule has 0 aromatic heterocycles. The van der Waals surface area contributed by atoms with Gasteiger partial charge in [-0.3, -0.25) is 24.5 Å². The Morgan fingerprint density at radius 1 is 1.11 bits per heavy atom. The number of nitro benzene ring substituents is 1. The normalized spacial score (nSPS) is 11.1. The molecule has 0 saturated carbocycles. The quantitative estimate of drug-likeness (QED) is 0.435. The van der Waals surface area contributed by atoms with Crippen LogP contribution in [0, 0.1) is 10.1 Å². The second kappa shape index (κ2) is 9.09. The molecule has 9 heteroatoms. The number of nitrogens with one attached hydrogen (secondary N) is 2. The minimum absolute atomic E-state index is 0.0341. The summed E-state index contributed by atoms with van der Waals surface area (Å²) in [7, 11) is 0. The molecule has 0 fully saturated rings. The highest BCUT2D eigenvalue weighted by molar-refractivity contribution is 5.97. The van der Waals surface area contributed by atoms with Crippen molar-refractivity contribution in [1.29, 1.82) is 0 Å². The molecular weight excluding hydrogens is 354 g/mol. The van der Waals surface area contributed by atoms with Gasteiger partial charge in [-0.15, -0.1) is 0 Å². The zero-order valence-electron chi connectivity index (χ0n) is 14.4. The van der Waals surface area contributed by atoms with Crippen LogP contribution in [0.4, 0.5) is 11.4 Å². The number of non-ortho nitro benzene ring substituents is 1. The van der Waals surface area contributed by atoms with Crippen LogP contribution in [0.25, 0.3) is 0 Å². The molecule has 0 bridgehead atoms. The predicted octanol–water partition coefficient (Wildman–Crippen LogP) is 1.89. The van der Waals surface area contributed by atoms with Crippen molar-refractivity contribution >= 4 is 29.2 Å². The van der Waals surface area contributed by atoms with E-state index in [1.165, 1.54) is 25.1 Å². The first-order chi connectivity index (χ1) is 12.9. The number of esters is 1. The molecular formula is C18H17N3O6. The van der Waals surface area contributed by atoms with Gasteiger partial charge >= 0.3 is 5.97 Å². The van der Waals surface area contributed by atoms with Crippen LogP contribution in [0.5, 0.6) is 0 Å². The average Bonchev–Trinajstić information content (AvgIpc) is 2.66. The maximum atomic E-state index is 12.0. The van der Waals surface area contributed by atoms with Crippen LogP contribution in [0.15, 0.2) is 54.6 Å². The summed E-state index contributed by atoms with van der Waals surface area (Å²) in [5.41, 5.74) is 0.354. The van der Waals surface area contributed by atoms with Crippen LogP contribution in [0.3, 0.4) is 0 Å². The highest BCUT2D eigenvalue weighted by atomic mass is 16.6. The maximum absolute atomic E-state index is 12.0. The fourth-order valence-electron chi connectivity index (χ4n) is 2.07. The number of nitro groups is 1. The summed E-state index contributed by atoms with van der Waals surface area (Å²) in [5.74, 6) is -2.00. The monoisotopic (exact) mass is 371 g/mol. The van der Waals surface area contributed by atoms with Crippen molar-refractivity contribution in [1.82, 2.24) is 5.32 Å². The summed E-state index contributed by atoms with van der Waals surface area (Å²) < 4.78 is 4.96. The summed E-state index contributed by atoms with van der Waals surface area (Å²) in [6.07, 6.45) is -1.06. The number of carbonyl (C=O) groups is 3. The number of hydrogen-bond donors (Lipinski definition) is 2. The Bertz CT molecular complexity index is 853. The SMILES string of the molecule is C[C@@H](OC(=O)CNC(=O)c1cccc([N+](=O)[O-])c1)C(=O)Nc1ccccc1. The number of benzene rings is 2. The van der Waals surface area contributed by atoms with E-state index < -0.39 is 35.4 Å². The molecule has 2 aromatic carbocycles. The van der Waals surface area contributed by atoms with Crippen molar-refractivity contribution in [2.45, 2.75) is 13.0 Å². The van der Waals surface area contributed by atoms with Gasteiger partial charge < -0.3 is 15.4 Å². The second-order valence-corrected chi connectivity index (χ2v) is 5.48. The lowest BCUT2D eigenvalue weighted by molar-refractivity contribution is -0.384. The largest absolute Gasteiger partial charge is 0.451 e. The molecule has 0 aliphatic carbocycles. The molecule has 2 N–H and O–H groups in total. The van der Waals surface area contributed by atoms with Crippen LogP contribution >= 0.6 is 0 Å². The Morgan fingerprint density at radius 2 is 1.81 bits per heavy atom. The number of carbonyl (C=O) groups excluding carboxylic acids is 3. The fourth-order valence-corrected chi connectivity index (χ4v) is 2.07. The van der Waals surface area contributed by atoms with Crippen LogP contribution < -0.4 is 10.6 Å². The van der Waals surface area contributed by atoms with E-state index in [-0.39, 0.29) is 11.3 Å². The number of rotatable bonds is 7. The molecule has 0 aliphatic rings. The van der Waals surface area contributed by atoms with Gasteiger partial charge in [0.2, 0.25) is 0 Å². The lowest BCUT2D eigenvalue weighted by Crippen LogP contribution is -2.35. The molecule has 0 aliphatic heterocycles. The number of ether oxygens (including phenoxy) is 1. The third-order valence-electron chi connectivity index (χ3n) is 3.43. The van der Waals surface area contributed by atoms with Crippen molar-refractivity contribution < 1.29 is 24.0 Å². The van der Waals surface area contributed by atoms with Gasteiger partial charge in [0.25, 0.3) is 17.5 Å². The van der Waals surface area contributed by atoms with Gasteiger partial charge in [0.1, 0.15) is 6.54 Å². The van der Waals surface area contributed by atoms with Gasteiger partial charge in [0, 0.05) is 23.4 Å². The predicted molar refractivity (Wildman–Crippen MR) is 96.1 cm³/mol. The summed E-state index contributed by atoms with van der Waals surface area (Å²) >= 11 is 0. The van der Waals surface area contributed by atoms with Gasteiger partial charge in [0.05, 0.1) is 4.92 Å². The summed E-state index contributed by atoms with van der Waals surface area (Å²) in [6, 6.07) is 13.7. The van der Waals surface area contributed by atoms with Crippen LogP contribution in [-0.2, 0) is 14.3 Å². The first kappa shape index (κ1) is 19.6. The standard InChI is InChI=1S/C18H17N3O6/c1-12(17(23)20-14-7-3-2-4-8-14)27-16(22)11-19-18(24)13-6-5-9-15(10-13)21(25)26/h2-10,12H,11H2,1H3,(H,19,24)(H,20,23)/t12-/m1/s1. The smallest absolute Gasteiger partial charge is 0.326 e. The van der Waals surface area contributed by atoms with E-state index in [1.807, 2.05) is 0 Å². The molecule has 2 amide bonds. The molecule has 0 spiro atoms. The summed E-state index contributed by atoms with van der Waals surface area (Å²) in [6.45, 7) is 0.920. The van der Waals surface area contributed by atoms with Gasteiger partial charge in [-0.25, -0.2) is 0 Å². The first-order valence-electron chi connectivity index (χ1n) is 7.95. The van der Waals surface area contributed by atoms with Crippen molar-refractivity contribution in [3.8, 4) is 0 Å². The lowest BCUT2D eigenvalue weighted by Gasteiger charge is -2.13. The summed E-state index contributed by atoms with van der Waals surface area (Å²) in [5, 5.41) is 15.6. The van der Waals surface area contributed by atoms with Gasteiger partial charge in [-0.05, 0) is 25.1 Å². The molecule has 1 atom stereocenters. The Labute approximate surface area is 154 Å². The number of nitrogens with zero attached hydrogens (tertiary/aromatic N) is 1. The Morgan fingerprint density at radius 3 is 2.48 bits per heavy atom. The van der Waals surface area contributed by atoms with Crippen molar-refractivity contribution in [2.75, 3.05) is 11.9 Å². The van der Waals surface area contributed by atoms with E-state index in [1.54, 1.807) is 30.3 Å². The molecule has 9 nitrogen and oxygen atoms in total. The molecule has 2 rings (SSSR count). The number of amides is 2. The Kier molecular flexibility index (Phi) is 6.59. The Hall–Kier alpha value is -3.75. The second-order valence-electron chi connectivity index (χ2n) is 5.48. The topological polar surface area (TPSA) is 128 Å². The molecule has 27 heavy (non-hydrogen) atoms. The number of hydrogen-bond acceptors (Lipinski definition) is 6. The summed E-state index contributed by atoms with van der Waals surface area (Å²) in [4.78, 5) is 45.8. The van der Waals surface area contributed by atoms with E-state index in [0.29, 0.717) is 5.69 Å². The third-order valence-corrected chi connectivity index (χ3v) is 3.43. The van der Waals surface area contributed by atoms with Crippen molar-refractivity contribution in [3.63, 3.8) is 0 Å². The van der Waals surface area contributed by atoms with E-state index in [2.05, 4.69) is 10.6 Å². The van der Waals surface area contributed by atoms with Gasteiger partial charge in [-0.2, -0.15) is 0 Å². The van der Waals surface area contributed by atoms with E-state index in [0.717, 1.165) is 6.07 Å². The number of anilines is 1. The molecule has 140 valence electrons. The van der Waals surface area contributed by atoms with Gasteiger partial charge in [0.15, 0.2) is 6.10 Å². The highest BCUT2D eigenvalue weighted by Crippen LogP contribution is 2.13. The van der Waals surface area contributed by atoms with E-state index in [9.17, 15) is 24.5 Å². The molecule has 0 saturated heterocycles. The zero-order valence-corrected chi connectivity index (χ0v) is 14.4. The molecule has 0 unspecified atom stereocenters. The first-order valence-corrected chi connectivity index (χ1v) is 7.95. The Balaban J connectivity index is 1.83. The fraction of sp³-hybridized carbons (Fsp3) is 0.167. The molecule has 0 heterocycles. The average molecular weight is 371 g/mol. The highest BCUT2D eigenvalue weighted by Gasteiger charge is 2.19. The van der Waals surface area contributed by atoms with E-state index in [4.69, 9.17) is 4.74 Å². The number of para-hydroxylation sites is 1. The zero-order chi connectivity index (χ0) is 19.8. The van der Waals surface area contributed by atoms with Crippen molar-refractivity contribution in [2.24, 2.45) is 0 Å². The minimum atomic E-state index is -1.06. The van der Waals surface area contributed by atoms with E-state index >= 15 is 0 Å². The van der Waals surface area contributed by atoms with Gasteiger partial charge in [-0.1, -0.05) is 24.3 Å². The van der Waals surface area contributed by atoms with Crippen LogP contribution in [-0.4, -0.2) is 35.4 Å². The van der Waals surface area contributed by atoms with Crippen LogP contribution in [0.2, 0.25) is 0 Å². The third kappa shape index (κ3) is 5.92. The minimum Gasteiger partial charge on any atom is -0.451 e. The molecule has 2 aromatic rings. The molecule has 0 radical (unpaired) electrons. The van der Waals surface area contributed by atoms with Crippen LogP contribution in [0.1, 0.15) is 17.3 Å².